The smallest absolute Gasteiger partial charge is 0.309 e. The van der Waals surface area contributed by atoms with Crippen molar-refractivity contribution in [1.82, 2.24) is 4.57 Å². The normalized spacial score (nSPS) is 16.9. The molecule has 1 aliphatic heterocycles. The van der Waals surface area contributed by atoms with E-state index < -0.39 is 11.4 Å². The van der Waals surface area contributed by atoms with Crippen LogP contribution < -0.4 is 15.4 Å². The van der Waals surface area contributed by atoms with Crippen LogP contribution in [0, 0.1) is 5.41 Å². The van der Waals surface area contributed by atoms with Crippen molar-refractivity contribution in [2.24, 2.45) is 5.41 Å². The largest absolute Gasteiger partial charge is 0.481 e. The lowest BCUT2D eigenvalue weighted by molar-refractivity contribution is -0.147. The number of hydrogen-bond donors (Lipinski definition) is 1. The van der Waals surface area contributed by atoms with Crippen LogP contribution in [0.4, 0.5) is 11.4 Å². The monoisotopic (exact) mass is 549 g/mol. The minimum absolute atomic E-state index is 0.125. The molecule has 39 heavy (non-hydrogen) atoms. The first-order chi connectivity index (χ1) is 18.4. The van der Waals surface area contributed by atoms with Gasteiger partial charge in [0.2, 0.25) is 5.91 Å². The maximum absolute atomic E-state index is 13.9. The van der Waals surface area contributed by atoms with E-state index in [1.54, 1.807) is 35.8 Å². The van der Waals surface area contributed by atoms with Crippen LogP contribution in [-0.4, -0.2) is 33.5 Å². The number of rotatable bonds is 7. The molecule has 9 heteroatoms. The Balaban J connectivity index is 1.69. The number of aliphatic carboxylic acids is 1. The Morgan fingerprint density at radius 2 is 1.72 bits per heavy atom. The quantitative estimate of drug-likeness (QED) is 0.417. The molecular formula is C30H32ClN3O5. The summed E-state index contributed by atoms with van der Waals surface area (Å²) in [7, 11) is 0. The average molecular weight is 550 g/mol. The van der Waals surface area contributed by atoms with Crippen molar-refractivity contribution >= 4 is 40.8 Å². The topological polar surface area (TPSA) is 99.9 Å². The molecule has 2 heterocycles. The molecule has 0 fully saturated rings. The van der Waals surface area contributed by atoms with Gasteiger partial charge in [-0.1, -0.05) is 29.8 Å². The summed E-state index contributed by atoms with van der Waals surface area (Å²) in [6.07, 6.45) is 2.23. The zero-order valence-corrected chi connectivity index (χ0v) is 23.2. The van der Waals surface area contributed by atoms with E-state index in [0.29, 0.717) is 22.7 Å². The highest BCUT2D eigenvalue weighted by molar-refractivity contribution is 6.30. The second kappa shape index (κ2) is 11.1. The van der Waals surface area contributed by atoms with Gasteiger partial charge in [-0.3, -0.25) is 19.2 Å². The van der Waals surface area contributed by atoms with E-state index in [1.807, 2.05) is 43.3 Å². The van der Waals surface area contributed by atoms with Gasteiger partial charge < -0.3 is 19.5 Å². The van der Waals surface area contributed by atoms with Gasteiger partial charge in [0.1, 0.15) is 0 Å². The number of carbonyl (C=O) groups is 3. The Morgan fingerprint density at radius 1 is 1.05 bits per heavy atom. The minimum atomic E-state index is -1.01. The maximum atomic E-state index is 13.9. The van der Waals surface area contributed by atoms with Crippen molar-refractivity contribution in [3.05, 3.63) is 93.4 Å². The number of anilines is 2. The summed E-state index contributed by atoms with van der Waals surface area (Å²) in [4.78, 5) is 54.2. The number of aryl methyl sites for hydroxylation is 1. The number of hydrogen-bond acceptors (Lipinski definition) is 4. The maximum Gasteiger partial charge on any atom is 0.309 e. The highest BCUT2D eigenvalue weighted by Crippen LogP contribution is 2.42. The third-order valence-corrected chi connectivity index (χ3v) is 7.57. The lowest BCUT2D eigenvalue weighted by Gasteiger charge is -2.43. The molecule has 2 aromatic carbocycles. The van der Waals surface area contributed by atoms with Gasteiger partial charge in [-0.25, -0.2) is 0 Å². The number of amides is 2. The summed E-state index contributed by atoms with van der Waals surface area (Å²) >= 11 is 6.08. The van der Waals surface area contributed by atoms with Crippen molar-refractivity contribution in [1.29, 1.82) is 0 Å². The van der Waals surface area contributed by atoms with Gasteiger partial charge >= 0.3 is 5.97 Å². The van der Waals surface area contributed by atoms with Gasteiger partial charge in [-0.05, 0) is 75.6 Å². The fourth-order valence-electron chi connectivity index (χ4n) is 5.00. The fourth-order valence-corrected chi connectivity index (χ4v) is 5.12. The predicted molar refractivity (Wildman–Crippen MR) is 151 cm³/mol. The zero-order chi connectivity index (χ0) is 28.5. The number of aromatic nitrogens is 1. The van der Waals surface area contributed by atoms with Gasteiger partial charge in [-0.15, -0.1) is 0 Å². The summed E-state index contributed by atoms with van der Waals surface area (Å²) in [5, 5.41) is 10.00. The molecule has 204 valence electrons. The first-order valence-corrected chi connectivity index (χ1v) is 13.2. The Labute approximate surface area is 232 Å². The van der Waals surface area contributed by atoms with E-state index in [4.69, 9.17) is 11.6 Å². The Kier molecular flexibility index (Phi) is 7.97. The number of nitrogens with zero attached hydrogens (tertiary/aromatic N) is 3. The molecule has 4 rings (SSSR count). The second-order valence-electron chi connectivity index (χ2n) is 10.6. The molecule has 2 atom stereocenters. The van der Waals surface area contributed by atoms with Crippen molar-refractivity contribution < 1.29 is 19.5 Å². The third-order valence-electron chi connectivity index (χ3n) is 7.32. The predicted octanol–water partition coefficient (Wildman–Crippen LogP) is 5.54. The summed E-state index contributed by atoms with van der Waals surface area (Å²) < 4.78 is 1.39. The molecule has 2 amide bonds. The van der Waals surface area contributed by atoms with Gasteiger partial charge in [0.05, 0.1) is 17.0 Å². The number of benzene rings is 2. The Morgan fingerprint density at radius 3 is 2.36 bits per heavy atom. The van der Waals surface area contributed by atoms with Crippen molar-refractivity contribution in [3.63, 3.8) is 0 Å². The zero-order valence-electron chi connectivity index (χ0n) is 22.4. The molecular weight excluding hydrogens is 518 g/mol. The molecule has 0 saturated carbocycles. The fraction of sp³-hybridized carbons (Fsp3) is 0.333. The summed E-state index contributed by atoms with van der Waals surface area (Å²) in [5.41, 5.74) is 1.25. The van der Waals surface area contributed by atoms with Gasteiger partial charge in [0.15, 0.2) is 0 Å². The molecule has 0 spiro atoms. The Hall–Kier alpha value is -3.91. The van der Waals surface area contributed by atoms with Crippen LogP contribution in [0.25, 0.3) is 0 Å². The van der Waals surface area contributed by atoms with Crippen LogP contribution in [0.1, 0.15) is 62.5 Å². The number of para-hydroxylation sites is 1. The molecule has 0 bridgehead atoms. The summed E-state index contributed by atoms with van der Waals surface area (Å²) in [6.45, 7) is 6.84. The van der Waals surface area contributed by atoms with Crippen molar-refractivity contribution in [2.45, 2.75) is 59.2 Å². The lowest BCUT2D eigenvalue weighted by Crippen LogP contribution is -2.47. The standard InChI is InChI=1S/C30H32ClN3O5/c1-19-17-26(34(20(2)35)23-12-10-22(31)11-13-23)24-7-5-6-8-25(24)33(19)28(37)21-9-14-27(36)32(18-21)16-15-30(3,4)29(38)39/h5-14,18-19,26H,15-17H2,1-4H3,(H,38,39)/t19-,26+/m0/s1. The van der Waals surface area contributed by atoms with E-state index in [1.165, 1.54) is 29.8 Å². The molecule has 0 aliphatic carbocycles. The second-order valence-corrected chi connectivity index (χ2v) is 11.0. The van der Waals surface area contributed by atoms with E-state index in [2.05, 4.69) is 0 Å². The van der Waals surface area contributed by atoms with Crippen LogP contribution in [0.3, 0.4) is 0 Å². The van der Waals surface area contributed by atoms with Crippen LogP contribution in [-0.2, 0) is 16.1 Å². The number of halogens is 1. The summed E-state index contributed by atoms with van der Waals surface area (Å²) in [6, 6.07) is 16.9. The van der Waals surface area contributed by atoms with Crippen molar-refractivity contribution in [2.75, 3.05) is 9.80 Å². The first-order valence-electron chi connectivity index (χ1n) is 12.8. The SMILES string of the molecule is CC(=O)N(c1ccc(Cl)cc1)[C@@H]1C[C@H](C)N(C(=O)c2ccc(=O)n(CCC(C)(C)C(=O)O)c2)c2ccccc21. The van der Waals surface area contributed by atoms with Crippen LogP contribution in [0.2, 0.25) is 5.02 Å². The third kappa shape index (κ3) is 5.76. The number of carboxylic acid groups (broad SMARTS) is 1. The summed E-state index contributed by atoms with van der Waals surface area (Å²) in [5.74, 6) is -1.35. The highest BCUT2D eigenvalue weighted by atomic mass is 35.5. The van der Waals surface area contributed by atoms with Crippen LogP contribution >= 0.6 is 11.6 Å². The highest BCUT2D eigenvalue weighted by Gasteiger charge is 2.38. The van der Waals surface area contributed by atoms with E-state index in [9.17, 15) is 24.3 Å². The minimum Gasteiger partial charge on any atom is -0.481 e. The average Bonchev–Trinajstić information content (AvgIpc) is 2.89. The lowest BCUT2D eigenvalue weighted by atomic mass is 9.89. The molecule has 3 aromatic rings. The van der Waals surface area contributed by atoms with Gasteiger partial charge in [-0.2, -0.15) is 0 Å². The van der Waals surface area contributed by atoms with E-state index in [0.717, 1.165) is 11.3 Å². The number of carboxylic acids is 1. The van der Waals surface area contributed by atoms with Crippen molar-refractivity contribution in [3.8, 4) is 0 Å². The van der Waals surface area contributed by atoms with E-state index in [-0.39, 0.29) is 42.4 Å². The molecule has 1 N–H and O–H groups in total. The van der Waals surface area contributed by atoms with E-state index >= 15 is 0 Å². The van der Waals surface area contributed by atoms with Crippen LogP contribution in [0.15, 0.2) is 71.7 Å². The first kappa shape index (κ1) is 28.1. The molecule has 1 aliphatic rings. The van der Waals surface area contributed by atoms with Gasteiger partial charge in [0, 0.05) is 48.2 Å². The number of fused-ring (bicyclic) bond motifs is 1. The molecule has 1 aromatic heterocycles. The number of carbonyl (C=O) groups excluding carboxylic acids is 2. The molecule has 8 nitrogen and oxygen atoms in total. The Bertz CT molecular complexity index is 1460. The van der Waals surface area contributed by atoms with Crippen LogP contribution in [0.5, 0.6) is 0 Å². The number of pyridine rings is 1. The molecule has 0 saturated heterocycles. The molecule has 0 unspecified atom stereocenters. The van der Waals surface area contributed by atoms with Gasteiger partial charge in [0.25, 0.3) is 11.5 Å². The molecule has 0 radical (unpaired) electrons.